The topological polar surface area (TPSA) is 114 Å². The van der Waals surface area contributed by atoms with Crippen molar-refractivity contribution in [3.05, 3.63) is 82.2 Å². The molecule has 11 heteroatoms. The van der Waals surface area contributed by atoms with Crippen LogP contribution in [-0.2, 0) is 16.6 Å². The van der Waals surface area contributed by atoms with Gasteiger partial charge in [0.15, 0.2) is 11.2 Å². The number of fused-ring (bicyclic) bond motifs is 1. The lowest BCUT2D eigenvalue weighted by molar-refractivity contribution is 0.309. The van der Waals surface area contributed by atoms with Crippen LogP contribution in [0, 0.1) is 5.82 Å². The van der Waals surface area contributed by atoms with Crippen LogP contribution >= 0.6 is 0 Å². The van der Waals surface area contributed by atoms with E-state index >= 15 is 0 Å². The van der Waals surface area contributed by atoms with Gasteiger partial charge in [-0.2, -0.15) is 4.31 Å². The van der Waals surface area contributed by atoms with Crippen LogP contribution in [0.5, 0.6) is 0 Å². The normalized spacial score (nSPS) is 17.4. The van der Waals surface area contributed by atoms with E-state index in [0.29, 0.717) is 30.8 Å². The number of sulfonamides is 1. The molecule has 1 saturated heterocycles. The Bertz CT molecular complexity index is 1470. The van der Waals surface area contributed by atoms with Gasteiger partial charge in [0.1, 0.15) is 11.6 Å². The maximum atomic E-state index is 14.1. The Hall–Kier alpha value is -3.44. The van der Waals surface area contributed by atoms with Crippen LogP contribution in [0.4, 0.5) is 4.39 Å². The SMILES string of the molecule is O=c1[nH]c([C@@H]2CCCN(S(=O)(=O)c3ccccc3)C2)nc2c1nnn2Cc1ccccc1F. The molecule has 4 aromatic rings. The Balaban J connectivity index is 1.47. The molecule has 0 amide bonds. The van der Waals surface area contributed by atoms with Crippen LogP contribution in [0.2, 0.25) is 0 Å². The number of nitrogens with one attached hydrogen (secondary N) is 1. The zero-order chi connectivity index (χ0) is 23.0. The number of rotatable bonds is 5. The summed E-state index contributed by atoms with van der Waals surface area (Å²) < 4.78 is 43.1. The maximum absolute atomic E-state index is 14.1. The first-order chi connectivity index (χ1) is 15.9. The molecule has 9 nitrogen and oxygen atoms in total. The number of halogens is 1. The fraction of sp³-hybridized carbons (Fsp3) is 0.273. The largest absolute Gasteiger partial charge is 0.308 e. The molecule has 170 valence electrons. The van der Waals surface area contributed by atoms with Gasteiger partial charge >= 0.3 is 0 Å². The zero-order valence-electron chi connectivity index (χ0n) is 17.6. The summed E-state index contributed by atoms with van der Waals surface area (Å²) in [6.07, 6.45) is 1.30. The molecule has 1 aliphatic heterocycles. The van der Waals surface area contributed by atoms with Crippen LogP contribution in [0.1, 0.15) is 30.1 Å². The number of piperidine rings is 1. The molecule has 0 saturated carbocycles. The van der Waals surface area contributed by atoms with E-state index < -0.39 is 15.6 Å². The number of hydrogen-bond donors (Lipinski definition) is 1. The number of benzene rings is 2. The van der Waals surface area contributed by atoms with Gasteiger partial charge in [-0.05, 0) is 31.0 Å². The molecule has 1 N–H and O–H groups in total. The van der Waals surface area contributed by atoms with Crippen LogP contribution in [0.15, 0.2) is 64.3 Å². The Morgan fingerprint density at radius 3 is 2.64 bits per heavy atom. The van der Waals surface area contributed by atoms with Gasteiger partial charge in [-0.1, -0.05) is 41.6 Å². The van der Waals surface area contributed by atoms with Crippen molar-refractivity contribution in [3.63, 3.8) is 0 Å². The smallest absolute Gasteiger partial charge is 0.281 e. The van der Waals surface area contributed by atoms with E-state index in [2.05, 4.69) is 20.3 Å². The fourth-order valence-corrected chi connectivity index (χ4v) is 5.64. The molecule has 1 aliphatic rings. The first-order valence-electron chi connectivity index (χ1n) is 10.6. The third-order valence-corrected chi connectivity index (χ3v) is 7.70. The Labute approximate surface area is 188 Å². The van der Waals surface area contributed by atoms with Crippen molar-refractivity contribution >= 4 is 21.2 Å². The Kier molecular flexibility index (Phi) is 5.51. The predicted octanol–water partition coefficient (Wildman–Crippen LogP) is 2.27. The van der Waals surface area contributed by atoms with E-state index in [1.165, 1.54) is 15.1 Å². The zero-order valence-corrected chi connectivity index (χ0v) is 18.4. The van der Waals surface area contributed by atoms with Crippen molar-refractivity contribution < 1.29 is 12.8 Å². The van der Waals surface area contributed by atoms with Gasteiger partial charge in [0.25, 0.3) is 5.56 Å². The van der Waals surface area contributed by atoms with Gasteiger partial charge in [0.05, 0.1) is 11.4 Å². The molecule has 0 unspecified atom stereocenters. The second-order valence-electron chi connectivity index (χ2n) is 7.98. The molecule has 0 spiro atoms. The van der Waals surface area contributed by atoms with E-state index in [0.717, 1.165) is 0 Å². The second kappa shape index (κ2) is 8.49. The lowest BCUT2D eigenvalue weighted by Crippen LogP contribution is -2.39. The highest BCUT2D eigenvalue weighted by molar-refractivity contribution is 7.89. The molecule has 0 aliphatic carbocycles. The number of aromatic nitrogens is 5. The maximum Gasteiger partial charge on any atom is 0.281 e. The molecule has 2 aromatic heterocycles. The number of H-pyrrole nitrogens is 1. The minimum absolute atomic E-state index is 0.0552. The standard InChI is InChI=1S/C22H21FN6O3S/c23-18-11-5-4-7-15(18)14-29-21-19(26-27-29)22(30)25-20(24-21)16-8-6-12-28(13-16)33(31,32)17-9-2-1-3-10-17/h1-5,7,9-11,16H,6,8,12-14H2,(H,24,25,30)/t16-/m1/s1. The van der Waals surface area contributed by atoms with Gasteiger partial charge in [-0.25, -0.2) is 22.5 Å². The lowest BCUT2D eigenvalue weighted by Gasteiger charge is -2.31. The van der Waals surface area contributed by atoms with E-state index in [9.17, 15) is 17.6 Å². The molecule has 33 heavy (non-hydrogen) atoms. The van der Waals surface area contributed by atoms with E-state index in [4.69, 9.17) is 0 Å². The average molecular weight is 469 g/mol. The highest BCUT2D eigenvalue weighted by atomic mass is 32.2. The molecular formula is C22H21FN6O3S. The van der Waals surface area contributed by atoms with Gasteiger partial charge < -0.3 is 4.98 Å². The van der Waals surface area contributed by atoms with Crippen LogP contribution in [-0.4, -0.2) is 50.8 Å². The predicted molar refractivity (Wildman–Crippen MR) is 119 cm³/mol. The monoisotopic (exact) mass is 468 g/mol. The van der Waals surface area contributed by atoms with Crippen molar-refractivity contribution in [3.8, 4) is 0 Å². The molecule has 2 aromatic carbocycles. The highest BCUT2D eigenvalue weighted by Crippen LogP contribution is 2.28. The molecular weight excluding hydrogens is 447 g/mol. The third kappa shape index (κ3) is 4.05. The molecule has 0 bridgehead atoms. The number of aromatic amines is 1. The Morgan fingerprint density at radius 1 is 1.09 bits per heavy atom. The number of nitrogens with zero attached hydrogens (tertiary/aromatic N) is 5. The van der Waals surface area contributed by atoms with Crippen LogP contribution in [0.3, 0.4) is 0 Å². The molecule has 0 radical (unpaired) electrons. The van der Waals surface area contributed by atoms with E-state index in [1.54, 1.807) is 48.5 Å². The minimum Gasteiger partial charge on any atom is -0.308 e. The Morgan fingerprint density at radius 2 is 1.85 bits per heavy atom. The highest BCUT2D eigenvalue weighted by Gasteiger charge is 2.32. The number of hydrogen-bond acceptors (Lipinski definition) is 6. The van der Waals surface area contributed by atoms with Gasteiger partial charge in [-0.3, -0.25) is 4.79 Å². The first-order valence-corrected chi connectivity index (χ1v) is 12.0. The van der Waals surface area contributed by atoms with E-state index in [1.807, 2.05) is 0 Å². The van der Waals surface area contributed by atoms with Crippen molar-refractivity contribution in [1.29, 1.82) is 0 Å². The molecule has 1 atom stereocenters. The van der Waals surface area contributed by atoms with Gasteiger partial charge in [0, 0.05) is 24.6 Å². The van der Waals surface area contributed by atoms with Gasteiger partial charge in [0.2, 0.25) is 10.0 Å². The van der Waals surface area contributed by atoms with Crippen molar-refractivity contribution in [2.45, 2.75) is 30.2 Å². The summed E-state index contributed by atoms with van der Waals surface area (Å²) in [6, 6.07) is 14.6. The summed E-state index contributed by atoms with van der Waals surface area (Å²) in [6.45, 7) is 0.659. The van der Waals surface area contributed by atoms with Crippen LogP contribution < -0.4 is 5.56 Å². The van der Waals surface area contributed by atoms with Crippen LogP contribution in [0.25, 0.3) is 11.2 Å². The quantitative estimate of drug-likeness (QED) is 0.481. The third-order valence-electron chi connectivity index (χ3n) is 5.82. The summed E-state index contributed by atoms with van der Waals surface area (Å²) >= 11 is 0. The summed E-state index contributed by atoms with van der Waals surface area (Å²) in [5, 5.41) is 7.89. The minimum atomic E-state index is -3.66. The average Bonchev–Trinajstić information content (AvgIpc) is 3.24. The fourth-order valence-electron chi connectivity index (χ4n) is 4.10. The molecule has 3 heterocycles. The summed E-state index contributed by atoms with van der Waals surface area (Å²) in [5.74, 6) is -0.316. The summed E-state index contributed by atoms with van der Waals surface area (Å²) in [4.78, 5) is 20.2. The molecule has 1 fully saturated rings. The van der Waals surface area contributed by atoms with Gasteiger partial charge in [-0.15, -0.1) is 5.10 Å². The summed E-state index contributed by atoms with van der Waals surface area (Å²) in [5.41, 5.74) is 0.225. The van der Waals surface area contributed by atoms with Crippen molar-refractivity contribution in [1.82, 2.24) is 29.3 Å². The molecule has 5 rings (SSSR count). The summed E-state index contributed by atoms with van der Waals surface area (Å²) in [7, 11) is -3.66. The first kappa shape index (κ1) is 21.4. The lowest BCUT2D eigenvalue weighted by atomic mass is 9.99. The van der Waals surface area contributed by atoms with Crippen molar-refractivity contribution in [2.75, 3.05) is 13.1 Å². The second-order valence-corrected chi connectivity index (χ2v) is 9.92. The van der Waals surface area contributed by atoms with E-state index in [-0.39, 0.29) is 40.9 Å². The van der Waals surface area contributed by atoms with Crippen molar-refractivity contribution in [2.24, 2.45) is 0 Å².